The van der Waals surface area contributed by atoms with Gasteiger partial charge in [0.15, 0.2) is 11.5 Å². The number of amides is 1. The monoisotopic (exact) mass is 303 g/mol. The number of carbonyl (C=O) groups excluding carboxylic acids is 1. The number of piperidine rings is 1. The molecule has 1 aliphatic heterocycles. The molecule has 3 rings (SSSR count). The van der Waals surface area contributed by atoms with Gasteiger partial charge in [-0.15, -0.1) is 11.3 Å². The van der Waals surface area contributed by atoms with Gasteiger partial charge in [-0.1, -0.05) is 0 Å². The number of hydrogen-bond acceptors (Lipinski definition) is 6. The van der Waals surface area contributed by atoms with Crippen LogP contribution in [0.3, 0.4) is 0 Å². The molecule has 0 aromatic carbocycles. The summed E-state index contributed by atoms with van der Waals surface area (Å²) in [6, 6.07) is 0.0198. The molecule has 2 aromatic rings. The lowest BCUT2D eigenvalue weighted by Gasteiger charge is -2.34. The van der Waals surface area contributed by atoms with Crippen molar-refractivity contribution in [1.29, 1.82) is 0 Å². The highest BCUT2D eigenvalue weighted by atomic mass is 32.1. The SMILES string of the molecule is Cc1csc(C2CCCCN2C(=O)c2nccnc2N)n1. The molecule has 0 spiro atoms. The molecule has 2 N–H and O–H groups in total. The fourth-order valence-corrected chi connectivity index (χ4v) is 3.55. The highest BCUT2D eigenvalue weighted by Gasteiger charge is 2.32. The van der Waals surface area contributed by atoms with Crippen molar-refractivity contribution in [3.05, 3.63) is 34.2 Å². The van der Waals surface area contributed by atoms with Crippen LogP contribution in [0, 0.1) is 6.92 Å². The third-order valence-electron chi connectivity index (χ3n) is 3.61. The number of anilines is 1. The largest absolute Gasteiger partial charge is 0.382 e. The number of hydrogen-bond donors (Lipinski definition) is 1. The number of nitrogens with zero attached hydrogens (tertiary/aromatic N) is 4. The van der Waals surface area contributed by atoms with Crippen LogP contribution in [0.15, 0.2) is 17.8 Å². The minimum atomic E-state index is -0.154. The fraction of sp³-hybridized carbons (Fsp3) is 0.429. The summed E-state index contributed by atoms with van der Waals surface area (Å²) in [4.78, 5) is 27.1. The molecule has 6 nitrogen and oxygen atoms in total. The molecule has 21 heavy (non-hydrogen) atoms. The topological polar surface area (TPSA) is 85.0 Å². The van der Waals surface area contributed by atoms with Crippen molar-refractivity contribution < 1.29 is 4.79 Å². The highest BCUT2D eigenvalue weighted by molar-refractivity contribution is 7.09. The van der Waals surface area contributed by atoms with Gasteiger partial charge >= 0.3 is 0 Å². The van der Waals surface area contributed by atoms with Gasteiger partial charge in [0, 0.05) is 30.0 Å². The van der Waals surface area contributed by atoms with Gasteiger partial charge in [-0.3, -0.25) is 4.79 Å². The van der Waals surface area contributed by atoms with Crippen LogP contribution in [0.1, 0.15) is 46.5 Å². The molecule has 7 heteroatoms. The average Bonchev–Trinajstić information content (AvgIpc) is 2.93. The molecule has 1 aliphatic rings. The molecule has 3 heterocycles. The predicted octanol–water partition coefficient (Wildman–Crippen LogP) is 2.19. The number of thiazole rings is 1. The lowest BCUT2D eigenvalue weighted by atomic mass is 10.0. The second-order valence-electron chi connectivity index (χ2n) is 5.13. The first-order valence-electron chi connectivity index (χ1n) is 6.96. The molecule has 0 aliphatic carbocycles. The average molecular weight is 303 g/mol. The first-order chi connectivity index (χ1) is 10.2. The Labute approximate surface area is 127 Å². The summed E-state index contributed by atoms with van der Waals surface area (Å²) in [7, 11) is 0. The van der Waals surface area contributed by atoms with E-state index in [1.54, 1.807) is 11.3 Å². The Kier molecular flexibility index (Phi) is 3.83. The zero-order chi connectivity index (χ0) is 14.8. The lowest BCUT2D eigenvalue weighted by molar-refractivity contribution is 0.0605. The van der Waals surface area contributed by atoms with Gasteiger partial charge in [0.05, 0.1) is 6.04 Å². The van der Waals surface area contributed by atoms with Gasteiger partial charge in [0.1, 0.15) is 5.01 Å². The van der Waals surface area contributed by atoms with Gasteiger partial charge in [-0.05, 0) is 26.2 Å². The molecule has 0 bridgehead atoms. The van der Waals surface area contributed by atoms with Crippen molar-refractivity contribution in [3.63, 3.8) is 0 Å². The summed E-state index contributed by atoms with van der Waals surface area (Å²) in [5.74, 6) is 0.0281. The summed E-state index contributed by atoms with van der Waals surface area (Å²) in [6.07, 6.45) is 6.01. The van der Waals surface area contributed by atoms with Crippen LogP contribution in [0.5, 0.6) is 0 Å². The van der Waals surface area contributed by atoms with Crippen molar-refractivity contribution in [2.45, 2.75) is 32.2 Å². The number of carbonyl (C=O) groups is 1. The maximum atomic E-state index is 12.7. The molecular formula is C14H17N5OS. The van der Waals surface area contributed by atoms with E-state index in [9.17, 15) is 4.79 Å². The van der Waals surface area contributed by atoms with E-state index in [4.69, 9.17) is 5.73 Å². The predicted molar refractivity (Wildman–Crippen MR) is 80.9 cm³/mol. The maximum absolute atomic E-state index is 12.7. The van der Waals surface area contributed by atoms with Crippen LogP contribution in [0.4, 0.5) is 5.82 Å². The fourth-order valence-electron chi connectivity index (χ4n) is 2.61. The molecular weight excluding hydrogens is 286 g/mol. The summed E-state index contributed by atoms with van der Waals surface area (Å²) in [6.45, 7) is 2.67. The van der Waals surface area contributed by atoms with Crippen molar-refractivity contribution in [3.8, 4) is 0 Å². The number of rotatable bonds is 2. The Balaban J connectivity index is 1.91. The van der Waals surface area contributed by atoms with E-state index >= 15 is 0 Å². The number of aryl methyl sites for hydroxylation is 1. The van der Waals surface area contributed by atoms with E-state index in [1.807, 2.05) is 17.2 Å². The van der Waals surface area contributed by atoms with E-state index in [2.05, 4.69) is 15.0 Å². The van der Waals surface area contributed by atoms with Gasteiger partial charge in [-0.25, -0.2) is 15.0 Å². The molecule has 1 amide bonds. The van der Waals surface area contributed by atoms with Crippen LogP contribution in [0.25, 0.3) is 0 Å². The van der Waals surface area contributed by atoms with Gasteiger partial charge in [0.25, 0.3) is 5.91 Å². The maximum Gasteiger partial charge on any atom is 0.276 e. The normalized spacial score (nSPS) is 18.7. The Morgan fingerprint density at radius 1 is 1.38 bits per heavy atom. The second-order valence-corrected chi connectivity index (χ2v) is 6.02. The molecule has 0 saturated carbocycles. The summed E-state index contributed by atoms with van der Waals surface area (Å²) >= 11 is 1.60. The van der Waals surface area contributed by atoms with Crippen molar-refractivity contribution in [2.75, 3.05) is 12.3 Å². The van der Waals surface area contributed by atoms with Crippen molar-refractivity contribution in [2.24, 2.45) is 0 Å². The van der Waals surface area contributed by atoms with Gasteiger partial charge < -0.3 is 10.6 Å². The first-order valence-corrected chi connectivity index (χ1v) is 7.84. The van der Waals surface area contributed by atoms with Crippen LogP contribution >= 0.6 is 11.3 Å². The minimum Gasteiger partial charge on any atom is -0.382 e. The van der Waals surface area contributed by atoms with Crippen LogP contribution in [-0.2, 0) is 0 Å². The van der Waals surface area contributed by atoms with Crippen LogP contribution in [0.2, 0.25) is 0 Å². The molecule has 1 fully saturated rings. The quantitative estimate of drug-likeness (QED) is 0.919. The van der Waals surface area contributed by atoms with Crippen molar-refractivity contribution in [1.82, 2.24) is 19.9 Å². The van der Waals surface area contributed by atoms with Crippen LogP contribution < -0.4 is 5.73 Å². The van der Waals surface area contributed by atoms with Gasteiger partial charge in [0.2, 0.25) is 0 Å². The molecule has 2 aromatic heterocycles. The smallest absolute Gasteiger partial charge is 0.276 e. The third kappa shape index (κ3) is 2.73. The first kappa shape index (κ1) is 13.9. The Morgan fingerprint density at radius 3 is 2.90 bits per heavy atom. The lowest BCUT2D eigenvalue weighted by Crippen LogP contribution is -2.39. The number of aromatic nitrogens is 3. The Bertz CT molecular complexity index is 656. The van der Waals surface area contributed by atoms with Crippen LogP contribution in [-0.4, -0.2) is 32.3 Å². The van der Waals surface area contributed by atoms with E-state index in [1.165, 1.54) is 12.4 Å². The number of nitrogen functional groups attached to an aromatic ring is 1. The van der Waals surface area contributed by atoms with Crippen molar-refractivity contribution >= 4 is 23.1 Å². The number of nitrogens with two attached hydrogens (primary N) is 1. The Hall–Kier alpha value is -2.02. The molecule has 1 unspecified atom stereocenters. The highest BCUT2D eigenvalue weighted by Crippen LogP contribution is 2.33. The molecule has 1 saturated heterocycles. The van der Waals surface area contributed by atoms with E-state index in [-0.39, 0.29) is 23.5 Å². The molecule has 0 radical (unpaired) electrons. The minimum absolute atomic E-state index is 0.0198. The molecule has 1 atom stereocenters. The van der Waals surface area contributed by atoms with E-state index < -0.39 is 0 Å². The second kappa shape index (κ2) is 5.77. The van der Waals surface area contributed by atoms with E-state index in [0.29, 0.717) is 6.54 Å². The van der Waals surface area contributed by atoms with E-state index in [0.717, 1.165) is 30.0 Å². The molecule has 110 valence electrons. The summed E-state index contributed by atoms with van der Waals surface area (Å²) in [5.41, 5.74) is 7.01. The summed E-state index contributed by atoms with van der Waals surface area (Å²) < 4.78 is 0. The standard InChI is InChI=1S/C14H17N5OS/c1-9-8-21-13(18-9)10-4-2-3-7-19(10)14(20)11-12(15)17-6-5-16-11/h5-6,8,10H,2-4,7H2,1H3,(H2,15,17). The zero-order valence-electron chi connectivity index (χ0n) is 11.8. The summed E-state index contributed by atoms with van der Waals surface area (Å²) in [5, 5.41) is 3.01. The third-order valence-corrected chi connectivity index (χ3v) is 4.68. The Morgan fingerprint density at radius 2 is 2.19 bits per heavy atom. The zero-order valence-corrected chi connectivity index (χ0v) is 12.6. The number of likely N-dealkylation sites (tertiary alicyclic amines) is 1. The van der Waals surface area contributed by atoms with Gasteiger partial charge in [-0.2, -0.15) is 0 Å².